The molecule has 1 unspecified atom stereocenters. The molecular formula is C22H38O6Si. The Labute approximate surface area is 176 Å². The van der Waals surface area contributed by atoms with Gasteiger partial charge in [0.15, 0.2) is 0 Å². The second-order valence-corrected chi connectivity index (χ2v) is 14.6. The molecule has 0 aliphatic carbocycles. The molecule has 0 N–H and O–H groups in total. The van der Waals surface area contributed by atoms with Gasteiger partial charge < -0.3 is 14.2 Å². The van der Waals surface area contributed by atoms with E-state index in [4.69, 9.17) is 14.2 Å². The van der Waals surface area contributed by atoms with Gasteiger partial charge in [-0.1, -0.05) is 54.0 Å². The maximum absolute atomic E-state index is 13.5. The van der Waals surface area contributed by atoms with E-state index in [0.717, 1.165) is 5.57 Å². The molecule has 0 saturated carbocycles. The molecule has 0 bridgehead atoms. The van der Waals surface area contributed by atoms with Crippen LogP contribution < -0.4 is 0 Å². The van der Waals surface area contributed by atoms with Crippen LogP contribution in [0.2, 0.25) is 16.6 Å². The van der Waals surface area contributed by atoms with Crippen molar-refractivity contribution in [3.63, 3.8) is 0 Å². The van der Waals surface area contributed by atoms with Crippen LogP contribution in [0.25, 0.3) is 0 Å². The van der Waals surface area contributed by atoms with Gasteiger partial charge in [0.1, 0.15) is 8.07 Å². The molecule has 1 heterocycles. The zero-order valence-electron chi connectivity index (χ0n) is 19.7. The molecule has 0 aromatic heterocycles. The van der Waals surface area contributed by atoms with Crippen LogP contribution in [0, 0.1) is 5.92 Å². The summed E-state index contributed by atoms with van der Waals surface area (Å²) in [5, 5.41) is 0.703. The molecule has 0 aromatic carbocycles. The molecule has 0 radical (unpaired) electrons. The molecule has 0 amide bonds. The highest BCUT2D eigenvalue weighted by molar-refractivity contribution is 6.93. The van der Waals surface area contributed by atoms with Crippen LogP contribution in [0.5, 0.6) is 0 Å². The second-order valence-electron chi connectivity index (χ2n) is 8.74. The topological polar surface area (TPSA) is 78.9 Å². The van der Waals surface area contributed by atoms with Crippen molar-refractivity contribution in [1.29, 1.82) is 0 Å². The molecule has 0 fully saturated rings. The molecule has 1 rings (SSSR count). The zero-order valence-corrected chi connectivity index (χ0v) is 20.7. The van der Waals surface area contributed by atoms with Crippen molar-refractivity contribution in [2.24, 2.45) is 5.92 Å². The van der Waals surface area contributed by atoms with Crippen molar-refractivity contribution >= 4 is 26.0 Å². The molecule has 166 valence electrons. The predicted octanol–water partition coefficient (Wildman–Crippen LogP) is 4.58. The number of rotatable bonds is 8. The monoisotopic (exact) mass is 426 g/mol. The fraction of sp³-hybridized carbons (Fsp3) is 0.773. The van der Waals surface area contributed by atoms with E-state index in [2.05, 4.69) is 41.5 Å². The molecule has 1 aliphatic rings. The highest BCUT2D eigenvalue weighted by Crippen LogP contribution is 2.51. The Balaban J connectivity index is 3.82. The standard InChI is InChI=1S/C22H38O6Si/c1-11-26-20(24)22(21(25)27-12-2)17(10)16(9)18(19(23)28-22)29(13(3)4,14(5)6)15(7)8/h13-15,17H,11-12H2,1-10H3. The molecule has 0 spiro atoms. The van der Waals surface area contributed by atoms with E-state index in [0.29, 0.717) is 5.20 Å². The molecule has 0 saturated heterocycles. The van der Waals surface area contributed by atoms with E-state index in [9.17, 15) is 14.4 Å². The highest BCUT2D eigenvalue weighted by atomic mass is 28.3. The van der Waals surface area contributed by atoms with Crippen molar-refractivity contribution in [1.82, 2.24) is 0 Å². The van der Waals surface area contributed by atoms with Gasteiger partial charge in [0.05, 0.1) is 13.2 Å². The number of hydrogen-bond donors (Lipinski definition) is 0. The largest absolute Gasteiger partial charge is 0.463 e. The van der Waals surface area contributed by atoms with Gasteiger partial charge in [0.25, 0.3) is 0 Å². The molecule has 1 atom stereocenters. The van der Waals surface area contributed by atoms with E-state index >= 15 is 0 Å². The molecular weight excluding hydrogens is 388 g/mol. The Bertz CT molecular complexity index is 637. The third kappa shape index (κ3) is 3.90. The van der Waals surface area contributed by atoms with E-state index < -0.39 is 37.5 Å². The second kappa shape index (κ2) is 9.45. The van der Waals surface area contributed by atoms with Crippen molar-refractivity contribution in [3.05, 3.63) is 10.8 Å². The van der Waals surface area contributed by atoms with Gasteiger partial charge in [0, 0.05) is 11.1 Å². The average molecular weight is 427 g/mol. The minimum atomic E-state index is -2.36. The summed E-state index contributed by atoms with van der Waals surface area (Å²) in [5.74, 6) is -2.99. The van der Waals surface area contributed by atoms with Crippen molar-refractivity contribution < 1.29 is 28.6 Å². The van der Waals surface area contributed by atoms with Crippen LogP contribution in [-0.4, -0.2) is 44.8 Å². The van der Waals surface area contributed by atoms with Crippen LogP contribution in [0.4, 0.5) is 0 Å². The minimum absolute atomic E-state index is 0.0720. The number of hydrogen-bond acceptors (Lipinski definition) is 6. The van der Waals surface area contributed by atoms with Crippen LogP contribution in [-0.2, 0) is 28.6 Å². The lowest BCUT2D eigenvalue weighted by Crippen LogP contribution is -2.62. The SMILES string of the molecule is CCOC(=O)C1(C(=O)OCC)OC(=O)C([Si](C(C)C)(C(C)C)C(C)C)=C(C)C1C. The first-order valence-corrected chi connectivity index (χ1v) is 12.9. The van der Waals surface area contributed by atoms with Gasteiger partial charge in [-0.05, 0) is 37.4 Å². The fourth-order valence-corrected chi connectivity index (χ4v) is 12.4. The molecule has 0 aromatic rings. The Morgan fingerprint density at radius 1 is 0.966 bits per heavy atom. The summed E-state index contributed by atoms with van der Waals surface area (Å²) < 4.78 is 16.1. The predicted molar refractivity (Wildman–Crippen MR) is 115 cm³/mol. The van der Waals surface area contributed by atoms with E-state index in [1.807, 2.05) is 6.92 Å². The Morgan fingerprint density at radius 2 is 1.34 bits per heavy atom. The summed E-state index contributed by atoms with van der Waals surface area (Å²) in [6, 6.07) is 0. The maximum atomic E-state index is 13.5. The highest BCUT2D eigenvalue weighted by Gasteiger charge is 2.63. The van der Waals surface area contributed by atoms with E-state index in [1.54, 1.807) is 20.8 Å². The quantitative estimate of drug-likeness (QED) is 0.245. The lowest BCUT2D eigenvalue weighted by Gasteiger charge is -2.49. The fourth-order valence-electron chi connectivity index (χ4n) is 5.35. The molecule has 6 nitrogen and oxygen atoms in total. The third-order valence-electron chi connectivity index (χ3n) is 6.57. The summed E-state index contributed by atoms with van der Waals surface area (Å²) >= 11 is 0. The van der Waals surface area contributed by atoms with Crippen LogP contribution >= 0.6 is 0 Å². The number of carbonyl (C=O) groups is 3. The van der Waals surface area contributed by atoms with Crippen molar-refractivity contribution in [2.45, 2.75) is 91.5 Å². The van der Waals surface area contributed by atoms with Gasteiger partial charge in [-0.2, -0.15) is 0 Å². The van der Waals surface area contributed by atoms with Gasteiger partial charge in [-0.15, -0.1) is 0 Å². The lowest BCUT2D eigenvalue weighted by molar-refractivity contribution is -0.201. The maximum Gasteiger partial charge on any atom is 0.363 e. The number of cyclic esters (lactones) is 1. The summed E-state index contributed by atoms with van der Waals surface area (Å²) in [4.78, 5) is 39.3. The normalized spacial score (nSPS) is 19.6. The van der Waals surface area contributed by atoms with Crippen LogP contribution in [0.1, 0.15) is 69.2 Å². The summed E-state index contributed by atoms with van der Waals surface area (Å²) in [7, 11) is -2.36. The minimum Gasteiger partial charge on any atom is -0.463 e. The number of esters is 3. The smallest absolute Gasteiger partial charge is 0.363 e. The Hall–Kier alpha value is -1.63. The Morgan fingerprint density at radius 3 is 1.66 bits per heavy atom. The lowest BCUT2D eigenvalue weighted by atomic mass is 9.81. The third-order valence-corrected chi connectivity index (χ3v) is 13.8. The zero-order chi connectivity index (χ0) is 22.7. The summed E-state index contributed by atoms with van der Waals surface area (Å²) in [6.45, 7) is 20.0. The van der Waals surface area contributed by atoms with E-state index in [1.165, 1.54) is 0 Å². The molecule has 7 heteroatoms. The van der Waals surface area contributed by atoms with Crippen molar-refractivity contribution in [3.8, 4) is 0 Å². The van der Waals surface area contributed by atoms with Crippen LogP contribution in [0.15, 0.2) is 10.8 Å². The molecule has 1 aliphatic heterocycles. The van der Waals surface area contributed by atoms with Crippen molar-refractivity contribution in [2.75, 3.05) is 13.2 Å². The van der Waals surface area contributed by atoms with Gasteiger partial charge >= 0.3 is 23.5 Å². The number of carbonyl (C=O) groups excluding carboxylic acids is 3. The number of ether oxygens (including phenoxy) is 3. The summed E-state index contributed by atoms with van der Waals surface area (Å²) in [6.07, 6.45) is 0. The van der Waals surface area contributed by atoms with Gasteiger partial charge in [0.2, 0.25) is 0 Å². The van der Waals surface area contributed by atoms with Crippen LogP contribution in [0.3, 0.4) is 0 Å². The first kappa shape index (κ1) is 25.4. The average Bonchev–Trinajstić information content (AvgIpc) is 2.60. The first-order chi connectivity index (χ1) is 13.4. The van der Waals surface area contributed by atoms with Gasteiger partial charge in [-0.25, -0.2) is 14.4 Å². The van der Waals surface area contributed by atoms with E-state index in [-0.39, 0.29) is 29.8 Å². The Kier molecular flexibility index (Phi) is 8.28. The van der Waals surface area contributed by atoms with Gasteiger partial charge in [-0.3, -0.25) is 0 Å². The molecule has 29 heavy (non-hydrogen) atoms. The first-order valence-electron chi connectivity index (χ1n) is 10.7. The summed E-state index contributed by atoms with van der Waals surface area (Å²) in [5.41, 5.74) is -0.508.